The average Bonchev–Trinajstić information content (AvgIpc) is 3.73. The molecule has 41 heavy (non-hydrogen) atoms. The van der Waals surface area contributed by atoms with Gasteiger partial charge < -0.3 is 19.9 Å². The molecular weight excluding hydrogens is 536 g/mol. The zero-order valence-corrected chi connectivity index (χ0v) is 24.4. The van der Waals surface area contributed by atoms with Crippen molar-refractivity contribution in [3.63, 3.8) is 0 Å². The molecule has 7 rings (SSSR count). The number of ether oxygens (including phenoxy) is 1. The molecule has 3 fully saturated rings. The third kappa shape index (κ3) is 5.34. The van der Waals surface area contributed by atoms with Gasteiger partial charge in [-0.15, -0.1) is 11.3 Å². The number of anilines is 1. The molecule has 2 atom stereocenters. The molecule has 1 N–H and O–H groups in total. The summed E-state index contributed by atoms with van der Waals surface area (Å²) in [6, 6.07) is 11.3. The van der Waals surface area contributed by atoms with Gasteiger partial charge in [0, 0.05) is 63.6 Å². The lowest BCUT2D eigenvalue weighted by Crippen LogP contribution is -2.56. The fraction of sp³-hybridized carbons (Fsp3) is 0.467. The first kappa shape index (κ1) is 26.5. The monoisotopic (exact) mass is 572 g/mol. The van der Waals surface area contributed by atoms with Crippen molar-refractivity contribution >= 4 is 28.7 Å². The number of rotatable bonds is 7. The largest absolute Gasteiger partial charge is 0.378 e. The van der Waals surface area contributed by atoms with Crippen LogP contribution in [0.2, 0.25) is 0 Å². The summed E-state index contributed by atoms with van der Waals surface area (Å²) < 4.78 is 7.19. The summed E-state index contributed by atoms with van der Waals surface area (Å²) in [4.78, 5) is 31.6. The van der Waals surface area contributed by atoms with Gasteiger partial charge in [0.15, 0.2) is 5.65 Å². The van der Waals surface area contributed by atoms with Crippen LogP contribution in [0.15, 0.2) is 48.1 Å². The number of fused-ring (bicyclic) bond motifs is 1. The molecule has 7 heterocycles. The van der Waals surface area contributed by atoms with Gasteiger partial charge in [-0.1, -0.05) is 6.07 Å². The molecule has 3 aliphatic heterocycles. The van der Waals surface area contributed by atoms with E-state index >= 15 is 0 Å². The molecule has 0 saturated carbocycles. The van der Waals surface area contributed by atoms with Crippen LogP contribution in [-0.4, -0.2) is 106 Å². The van der Waals surface area contributed by atoms with Crippen LogP contribution in [0.25, 0.3) is 27.5 Å². The van der Waals surface area contributed by atoms with Gasteiger partial charge in [-0.2, -0.15) is 5.10 Å². The highest BCUT2D eigenvalue weighted by atomic mass is 32.1. The molecule has 0 bridgehead atoms. The van der Waals surface area contributed by atoms with E-state index < -0.39 is 0 Å². The Morgan fingerprint density at radius 2 is 1.98 bits per heavy atom. The molecule has 1 amide bonds. The van der Waals surface area contributed by atoms with Crippen molar-refractivity contribution in [2.24, 2.45) is 0 Å². The van der Waals surface area contributed by atoms with Gasteiger partial charge in [0.05, 0.1) is 47.3 Å². The highest BCUT2D eigenvalue weighted by molar-refractivity contribution is 7.13. The van der Waals surface area contributed by atoms with Crippen LogP contribution in [0.3, 0.4) is 0 Å². The van der Waals surface area contributed by atoms with E-state index in [0.29, 0.717) is 35.9 Å². The number of aromatic nitrogens is 4. The molecule has 4 aromatic rings. The second kappa shape index (κ2) is 11.1. The summed E-state index contributed by atoms with van der Waals surface area (Å²) in [6.07, 6.45) is 5.97. The van der Waals surface area contributed by atoms with E-state index in [4.69, 9.17) is 14.7 Å². The van der Waals surface area contributed by atoms with Crippen molar-refractivity contribution in [1.29, 1.82) is 0 Å². The molecule has 10 nitrogen and oxygen atoms in total. The Hall–Kier alpha value is -3.38. The molecule has 11 heteroatoms. The topological polar surface area (TPSA) is 91.1 Å². The predicted octanol–water partition coefficient (Wildman–Crippen LogP) is 3.25. The number of pyridine rings is 1. The van der Waals surface area contributed by atoms with Gasteiger partial charge in [-0.25, -0.2) is 14.5 Å². The number of nitrogens with one attached hydrogen (secondary N) is 1. The molecule has 3 aliphatic rings. The van der Waals surface area contributed by atoms with Crippen molar-refractivity contribution in [2.45, 2.75) is 37.9 Å². The number of hydrogen-bond acceptors (Lipinski definition) is 9. The second-order valence-corrected chi connectivity index (χ2v) is 12.4. The molecule has 3 saturated heterocycles. The van der Waals surface area contributed by atoms with E-state index in [1.54, 1.807) is 15.9 Å². The number of carbonyl (C=O) groups is 1. The van der Waals surface area contributed by atoms with Gasteiger partial charge in [0.25, 0.3) is 5.91 Å². The summed E-state index contributed by atoms with van der Waals surface area (Å²) in [6.45, 7) is 8.15. The lowest BCUT2D eigenvalue weighted by atomic mass is 10.1. The van der Waals surface area contributed by atoms with Crippen LogP contribution < -0.4 is 10.2 Å². The summed E-state index contributed by atoms with van der Waals surface area (Å²) in [5.41, 5.74) is 3.80. The van der Waals surface area contributed by atoms with E-state index in [-0.39, 0.29) is 5.91 Å². The maximum atomic E-state index is 13.8. The van der Waals surface area contributed by atoms with Crippen LogP contribution >= 0.6 is 11.3 Å². The Bertz CT molecular complexity index is 1530. The maximum Gasteiger partial charge on any atom is 0.253 e. The quantitative estimate of drug-likeness (QED) is 0.361. The minimum atomic E-state index is 0.00483. The van der Waals surface area contributed by atoms with E-state index in [0.717, 1.165) is 79.8 Å². The number of thiophene rings is 1. The lowest BCUT2D eigenvalue weighted by molar-refractivity contribution is -0.0660. The average molecular weight is 573 g/mol. The fourth-order valence-electron chi connectivity index (χ4n) is 6.10. The van der Waals surface area contributed by atoms with Crippen LogP contribution in [0.4, 0.5) is 5.82 Å². The standard InChI is InChI=1S/C30H36N8O2S/c1-20-5-6-22(32-20)17-35(2)30(39)21-14-26(33-28(15-21)37-11-9-36(10-12-37)23-18-40-19-23)24-16-31-38-8-7-25(34-29(24)38)27-4-3-13-41-27/h3-4,7-8,13-16,20,22-23,32H,5-6,9-12,17-19H2,1-2H3. The summed E-state index contributed by atoms with van der Waals surface area (Å²) in [5.74, 6) is 0.829. The lowest BCUT2D eigenvalue weighted by Gasteiger charge is -2.43. The van der Waals surface area contributed by atoms with Gasteiger partial charge >= 0.3 is 0 Å². The minimum absolute atomic E-state index is 0.00483. The molecular formula is C30H36N8O2S. The third-order valence-electron chi connectivity index (χ3n) is 8.56. The van der Waals surface area contributed by atoms with Crippen molar-refractivity contribution < 1.29 is 9.53 Å². The Labute approximate surface area is 243 Å². The van der Waals surface area contributed by atoms with E-state index in [2.05, 4.69) is 38.6 Å². The van der Waals surface area contributed by atoms with E-state index in [1.807, 2.05) is 48.6 Å². The molecule has 0 spiro atoms. The van der Waals surface area contributed by atoms with Gasteiger partial charge in [0.2, 0.25) is 0 Å². The first-order chi connectivity index (χ1) is 20.0. The smallest absolute Gasteiger partial charge is 0.253 e. The van der Waals surface area contributed by atoms with Crippen LogP contribution in [0, 0.1) is 0 Å². The number of carbonyl (C=O) groups excluding carboxylic acids is 1. The third-order valence-corrected chi connectivity index (χ3v) is 9.45. The Balaban J connectivity index is 1.22. The normalized spacial score (nSPS) is 21.9. The summed E-state index contributed by atoms with van der Waals surface area (Å²) in [5, 5.41) is 10.2. The highest BCUT2D eigenvalue weighted by Crippen LogP contribution is 2.30. The van der Waals surface area contributed by atoms with Gasteiger partial charge in [-0.3, -0.25) is 9.69 Å². The molecule has 4 aromatic heterocycles. The number of hydrogen-bond donors (Lipinski definition) is 1. The van der Waals surface area contributed by atoms with Crippen molar-refractivity contribution in [1.82, 2.24) is 34.7 Å². The first-order valence-electron chi connectivity index (χ1n) is 14.5. The number of amides is 1. The Morgan fingerprint density at radius 3 is 2.68 bits per heavy atom. The number of nitrogens with zero attached hydrogens (tertiary/aromatic N) is 7. The molecule has 0 radical (unpaired) electrons. The van der Waals surface area contributed by atoms with Crippen LogP contribution in [-0.2, 0) is 4.74 Å². The summed E-state index contributed by atoms with van der Waals surface area (Å²) >= 11 is 1.66. The SMILES string of the molecule is CC1CCC(CN(C)C(=O)c2cc(-c3cnn4ccc(-c5cccs5)nc34)nc(N3CCN(C4COC4)CC3)c2)N1. The molecule has 2 unspecified atom stereocenters. The minimum Gasteiger partial charge on any atom is -0.378 e. The number of likely N-dealkylation sites (N-methyl/N-ethyl adjacent to an activating group) is 1. The van der Waals surface area contributed by atoms with Crippen molar-refractivity contribution in [2.75, 3.05) is 57.9 Å². The zero-order chi connectivity index (χ0) is 27.9. The molecule has 0 aromatic carbocycles. The van der Waals surface area contributed by atoms with Crippen LogP contribution in [0.5, 0.6) is 0 Å². The fourth-order valence-corrected chi connectivity index (χ4v) is 6.79. The predicted molar refractivity (Wildman–Crippen MR) is 161 cm³/mol. The number of piperazine rings is 1. The first-order valence-corrected chi connectivity index (χ1v) is 15.4. The molecule has 214 valence electrons. The highest BCUT2D eigenvalue weighted by Gasteiger charge is 2.30. The van der Waals surface area contributed by atoms with Crippen molar-refractivity contribution in [3.8, 4) is 21.8 Å². The van der Waals surface area contributed by atoms with Gasteiger partial charge in [0.1, 0.15) is 5.82 Å². The zero-order valence-electron chi connectivity index (χ0n) is 23.6. The van der Waals surface area contributed by atoms with E-state index in [1.165, 1.54) is 0 Å². The van der Waals surface area contributed by atoms with E-state index in [9.17, 15) is 4.79 Å². The molecule has 0 aliphatic carbocycles. The van der Waals surface area contributed by atoms with Crippen molar-refractivity contribution in [3.05, 3.63) is 53.7 Å². The summed E-state index contributed by atoms with van der Waals surface area (Å²) in [7, 11) is 1.90. The maximum absolute atomic E-state index is 13.8. The van der Waals surface area contributed by atoms with Crippen LogP contribution in [0.1, 0.15) is 30.1 Å². The Morgan fingerprint density at radius 1 is 1.12 bits per heavy atom. The van der Waals surface area contributed by atoms with Gasteiger partial charge in [-0.05, 0) is 49.4 Å². The Kier molecular flexibility index (Phi) is 7.20. The second-order valence-electron chi connectivity index (χ2n) is 11.5.